The Morgan fingerprint density at radius 3 is 2.52 bits per heavy atom. The average molecular weight is 364 g/mol. The summed E-state index contributed by atoms with van der Waals surface area (Å²) in [6.07, 6.45) is 2.15. The molecule has 1 aliphatic carbocycles. The first-order valence-corrected chi connectivity index (χ1v) is 9.16. The van der Waals surface area contributed by atoms with E-state index >= 15 is 0 Å². The van der Waals surface area contributed by atoms with Crippen LogP contribution in [-0.4, -0.2) is 25.5 Å². The Morgan fingerprint density at radius 2 is 1.81 bits per heavy atom. The summed E-state index contributed by atoms with van der Waals surface area (Å²) < 4.78 is 10.7. The molecule has 2 atom stereocenters. The number of methoxy groups -OCH3 is 1. The minimum atomic E-state index is -0.815. The van der Waals surface area contributed by atoms with Gasteiger partial charge in [0.2, 0.25) is 0 Å². The van der Waals surface area contributed by atoms with E-state index in [9.17, 15) is 9.59 Å². The van der Waals surface area contributed by atoms with Crippen LogP contribution in [0.5, 0.6) is 5.75 Å². The summed E-state index contributed by atoms with van der Waals surface area (Å²) in [5, 5.41) is 0. The Labute approximate surface area is 159 Å². The highest BCUT2D eigenvalue weighted by Gasteiger charge is 2.40. The van der Waals surface area contributed by atoms with Gasteiger partial charge in [-0.15, -0.1) is 0 Å². The molecule has 0 heterocycles. The van der Waals surface area contributed by atoms with Crippen LogP contribution in [0.15, 0.2) is 54.6 Å². The van der Waals surface area contributed by atoms with Crippen LogP contribution in [-0.2, 0) is 14.3 Å². The minimum Gasteiger partial charge on any atom is -0.496 e. The molecule has 0 radical (unpaired) electrons. The summed E-state index contributed by atoms with van der Waals surface area (Å²) in [5.41, 5.74) is 3.83. The van der Waals surface area contributed by atoms with Crippen LogP contribution in [0.3, 0.4) is 0 Å². The highest BCUT2D eigenvalue weighted by atomic mass is 16.5. The van der Waals surface area contributed by atoms with Crippen molar-refractivity contribution in [1.29, 1.82) is 0 Å². The van der Waals surface area contributed by atoms with Crippen molar-refractivity contribution in [2.45, 2.75) is 26.2 Å². The number of hydrogen-bond donors (Lipinski definition) is 0. The van der Waals surface area contributed by atoms with E-state index in [0.717, 1.165) is 28.0 Å². The van der Waals surface area contributed by atoms with Crippen molar-refractivity contribution in [3.63, 3.8) is 0 Å². The molecule has 0 saturated carbocycles. The van der Waals surface area contributed by atoms with Crippen molar-refractivity contribution >= 4 is 17.3 Å². The molecule has 0 aromatic heterocycles. The van der Waals surface area contributed by atoms with Crippen LogP contribution in [0.25, 0.3) is 5.57 Å². The molecule has 140 valence electrons. The fraction of sp³-hybridized carbons (Fsp3) is 0.304. The predicted molar refractivity (Wildman–Crippen MR) is 105 cm³/mol. The van der Waals surface area contributed by atoms with Gasteiger partial charge in [-0.2, -0.15) is 0 Å². The van der Waals surface area contributed by atoms with Crippen LogP contribution in [0, 0.1) is 12.8 Å². The van der Waals surface area contributed by atoms with Crippen LogP contribution in [0.2, 0.25) is 0 Å². The van der Waals surface area contributed by atoms with Crippen molar-refractivity contribution in [3.8, 4) is 5.75 Å². The summed E-state index contributed by atoms with van der Waals surface area (Å²) in [7, 11) is 1.62. The second-order valence-electron chi connectivity index (χ2n) is 6.67. The number of carbonyl (C=O) groups excluding carboxylic acids is 2. The lowest BCUT2D eigenvalue weighted by molar-refractivity contribution is -0.151. The average Bonchev–Trinajstić information content (AvgIpc) is 2.67. The van der Waals surface area contributed by atoms with Gasteiger partial charge in [-0.05, 0) is 49.1 Å². The van der Waals surface area contributed by atoms with Gasteiger partial charge >= 0.3 is 5.97 Å². The molecule has 0 aliphatic heterocycles. The zero-order valence-corrected chi connectivity index (χ0v) is 15.9. The van der Waals surface area contributed by atoms with Crippen molar-refractivity contribution in [2.24, 2.45) is 5.92 Å². The normalized spacial score (nSPS) is 19.4. The quantitative estimate of drug-likeness (QED) is 0.586. The maximum atomic E-state index is 13.0. The van der Waals surface area contributed by atoms with Gasteiger partial charge < -0.3 is 9.47 Å². The minimum absolute atomic E-state index is 0.214. The summed E-state index contributed by atoms with van der Waals surface area (Å²) in [6.45, 7) is 4.01. The van der Waals surface area contributed by atoms with E-state index in [-0.39, 0.29) is 18.3 Å². The third-order valence-corrected chi connectivity index (χ3v) is 5.05. The number of esters is 1. The maximum absolute atomic E-state index is 13.0. The highest BCUT2D eigenvalue weighted by Crippen LogP contribution is 2.43. The molecule has 0 unspecified atom stereocenters. The van der Waals surface area contributed by atoms with Gasteiger partial charge in [-0.1, -0.05) is 42.5 Å². The van der Waals surface area contributed by atoms with Gasteiger partial charge in [0.25, 0.3) is 0 Å². The number of rotatable bonds is 5. The number of carbonyl (C=O) groups is 2. The second kappa shape index (κ2) is 8.21. The van der Waals surface area contributed by atoms with Crippen LogP contribution in [0.4, 0.5) is 0 Å². The number of benzene rings is 2. The van der Waals surface area contributed by atoms with E-state index in [1.54, 1.807) is 20.1 Å². The van der Waals surface area contributed by atoms with Crippen molar-refractivity contribution in [1.82, 2.24) is 0 Å². The van der Waals surface area contributed by atoms with E-state index in [1.807, 2.05) is 55.5 Å². The van der Waals surface area contributed by atoms with Crippen LogP contribution >= 0.6 is 0 Å². The zero-order chi connectivity index (χ0) is 19.4. The van der Waals surface area contributed by atoms with Crippen LogP contribution < -0.4 is 4.74 Å². The van der Waals surface area contributed by atoms with Gasteiger partial charge in [-0.3, -0.25) is 9.59 Å². The Morgan fingerprint density at radius 1 is 1.11 bits per heavy atom. The number of hydrogen-bond acceptors (Lipinski definition) is 4. The number of aryl methyl sites for hydroxylation is 1. The first kappa shape index (κ1) is 18.9. The Kier molecular flexibility index (Phi) is 5.75. The SMILES string of the molecule is CCOC(=O)[C@@H]1C(=O)C=C(c2ccccc2OC)C[C@H]1c1ccccc1C. The van der Waals surface area contributed by atoms with Gasteiger partial charge in [0, 0.05) is 11.5 Å². The molecular weight excluding hydrogens is 340 g/mol. The molecular formula is C23H24O4. The van der Waals surface area contributed by atoms with E-state index in [4.69, 9.17) is 9.47 Å². The fourth-order valence-corrected chi connectivity index (χ4v) is 3.78. The first-order valence-electron chi connectivity index (χ1n) is 9.16. The third-order valence-electron chi connectivity index (χ3n) is 5.05. The number of ether oxygens (including phenoxy) is 2. The largest absolute Gasteiger partial charge is 0.496 e. The van der Waals surface area contributed by atoms with Crippen molar-refractivity contribution in [3.05, 3.63) is 71.3 Å². The molecule has 0 N–H and O–H groups in total. The molecule has 0 bridgehead atoms. The zero-order valence-electron chi connectivity index (χ0n) is 15.9. The molecule has 2 aromatic rings. The summed E-state index contributed by atoms with van der Waals surface area (Å²) in [4.78, 5) is 25.5. The topological polar surface area (TPSA) is 52.6 Å². The summed E-state index contributed by atoms with van der Waals surface area (Å²) in [6, 6.07) is 15.5. The lowest BCUT2D eigenvalue weighted by Crippen LogP contribution is -2.34. The van der Waals surface area contributed by atoms with Gasteiger partial charge in [-0.25, -0.2) is 0 Å². The smallest absolute Gasteiger partial charge is 0.317 e. The number of ketones is 1. The van der Waals surface area contributed by atoms with E-state index < -0.39 is 11.9 Å². The van der Waals surface area contributed by atoms with Crippen LogP contribution in [0.1, 0.15) is 36.0 Å². The molecule has 27 heavy (non-hydrogen) atoms. The van der Waals surface area contributed by atoms with E-state index in [2.05, 4.69) is 0 Å². The Hall–Kier alpha value is -2.88. The molecule has 4 heteroatoms. The summed E-state index contributed by atoms with van der Waals surface area (Å²) in [5.74, 6) is -1.03. The second-order valence-corrected chi connectivity index (χ2v) is 6.67. The number of para-hydroxylation sites is 1. The highest BCUT2D eigenvalue weighted by molar-refractivity contribution is 6.11. The van der Waals surface area contributed by atoms with E-state index in [1.165, 1.54) is 0 Å². The first-order chi connectivity index (χ1) is 13.1. The molecule has 3 rings (SSSR count). The molecule has 4 nitrogen and oxygen atoms in total. The molecule has 0 amide bonds. The Balaban J connectivity index is 2.08. The molecule has 0 saturated heterocycles. The van der Waals surface area contributed by atoms with Gasteiger partial charge in [0.15, 0.2) is 5.78 Å². The summed E-state index contributed by atoms with van der Waals surface area (Å²) >= 11 is 0. The third kappa shape index (κ3) is 3.80. The van der Waals surface area contributed by atoms with Crippen molar-refractivity contribution in [2.75, 3.05) is 13.7 Å². The van der Waals surface area contributed by atoms with Gasteiger partial charge in [0.1, 0.15) is 11.7 Å². The maximum Gasteiger partial charge on any atom is 0.317 e. The monoisotopic (exact) mass is 364 g/mol. The molecule has 0 fully saturated rings. The Bertz CT molecular complexity index is 881. The molecule has 0 spiro atoms. The molecule has 1 aliphatic rings. The number of allylic oxidation sites excluding steroid dienone is 2. The van der Waals surface area contributed by atoms with Crippen molar-refractivity contribution < 1.29 is 19.1 Å². The lowest BCUT2D eigenvalue weighted by atomic mass is 9.72. The predicted octanol–water partition coefficient (Wildman–Crippen LogP) is 4.32. The molecule has 2 aromatic carbocycles. The van der Waals surface area contributed by atoms with E-state index in [0.29, 0.717) is 6.42 Å². The standard InChI is InChI=1S/C23H24O4/c1-4-27-23(25)22-19(17-10-6-5-9-15(17)2)13-16(14-20(22)24)18-11-7-8-12-21(18)26-3/h5-12,14,19,22H,4,13H2,1-3H3/t19-,22-/m0/s1. The van der Waals surface area contributed by atoms with Gasteiger partial charge in [0.05, 0.1) is 13.7 Å². The lowest BCUT2D eigenvalue weighted by Gasteiger charge is -2.30. The fourth-order valence-electron chi connectivity index (χ4n) is 3.78.